The quantitative estimate of drug-likeness (QED) is 0.438. The second-order valence-corrected chi connectivity index (χ2v) is 2.82. The molecule has 16 heavy (non-hydrogen) atoms. The Bertz CT molecular complexity index is 476. The van der Waals surface area contributed by atoms with E-state index in [0.29, 0.717) is 0 Å². The molecule has 0 aliphatic rings. The van der Waals surface area contributed by atoms with E-state index in [1.54, 1.807) is 13.0 Å². The van der Waals surface area contributed by atoms with Crippen LogP contribution in [0, 0.1) is 21.4 Å². The van der Waals surface area contributed by atoms with Crippen LogP contribution in [0.15, 0.2) is 18.2 Å². The Balaban J connectivity index is 3.18. The highest BCUT2D eigenvalue weighted by molar-refractivity contribution is 5.90. The number of ether oxygens (including phenoxy) is 1. The number of hydrogen-bond acceptors (Lipinski definition) is 5. The molecule has 6 heteroatoms. The molecule has 0 fully saturated rings. The van der Waals surface area contributed by atoms with Gasteiger partial charge in [0.15, 0.2) is 0 Å². The lowest BCUT2D eigenvalue weighted by Gasteiger charge is -2.01. The van der Waals surface area contributed by atoms with Crippen LogP contribution in [0.3, 0.4) is 0 Å². The summed E-state index contributed by atoms with van der Waals surface area (Å²) < 4.78 is 4.69. The number of benzene rings is 1. The Morgan fingerprint density at radius 1 is 1.62 bits per heavy atom. The topological polar surface area (TPSA) is 93.2 Å². The zero-order valence-electron chi connectivity index (χ0n) is 8.47. The van der Waals surface area contributed by atoms with Gasteiger partial charge in [0.1, 0.15) is 11.6 Å². The first kappa shape index (κ1) is 11.7. The molecule has 0 atom stereocenters. The first-order chi connectivity index (χ1) is 7.60. The average Bonchev–Trinajstić information content (AvgIpc) is 2.28. The lowest BCUT2D eigenvalue weighted by atomic mass is 10.1. The predicted octanol–water partition coefficient (Wildman–Crippen LogP) is 1.64. The highest BCUT2D eigenvalue weighted by Gasteiger charge is 2.17. The van der Waals surface area contributed by atoms with E-state index in [-0.39, 0.29) is 17.7 Å². The molecule has 6 nitrogen and oxygen atoms in total. The van der Waals surface area contributed by atoms with Crippen LogP contribution in [-0.4, -0.2) is 17.5 Å². The van der Waals surface area contributed by atoms with E-state index in [9.17, 15) is 14.9 Å². The molecule has 0 N–H and O–H groups in total. The number of hydrogen-bond donors (Lipinski definition) is 0. The number of nitro groups is 1. The molecule has 82 valence electrons. The van der Waals surface area contributed by atoms with Crippen LogP contribution in [0.4, 0.5) is 5.69 Å². The Morgan fingerprint density at radius 3 is 2.81 bits per heavy atom. The summed E-state index contributed by atoms with van der Waals surface area (Å²) in [5.74, 6) is -0.643. The van der Waals surface area contributed by atoms with Crippen molar-refractivity contribution >= 4 is 11.7 Å². The number of carbonyl (C=O) groups is 1. The van der Waals surface area contributed by atoms with Crippen LogP contribution in [0.5, 0.6) is 0 Å². The van der Waals surface area contributed by atoms with E-state index in [4.69, 9.17) is 10.00 Å². The molecular formula is C10H8N2O4. The van der Waals surface area contributed by atoms with Crippen molar-refractivity contribution in [3.8, 4) is 6.07 Å². The molecule has 1 rings (SSSR count). The fraction of sp³-hybridized carbons (Fsp3) is 0.200. The molecule has 0 radical (unpaired) electrons. The Labute approximate surface area is 91.2 Å². The molecule has 0 bridgehead atoms. The molecule has 0 heterocycles. The SMILES string of the molecule is CCOC(=O)c1ccc(C#N)c([N+](=O)[O-])c1. The number of nitro benzene ring substituents is 1. The Hall–Kier alpha value is -2.42. The number of rotatable bonds is 3. The van der Waals surface area contributed by atoms with E-state index in [0.717, 1.165) is 6.07 Å². The van der Waals surface area contributed by atoms with Gasteiger partial charge in [0.25, 0.3) is 5.69 Å². The third-order valence-electron chi connectivity index (χ3n) is 1.83. The normalized spacial score (nSPS) is 9.25. The van der Waals surface area contributed by atoms with Crippen molar-refractivity contribution in [2.45, 2.75) is 6.92 Å². The van der Waals surface area contributed by atoms with Crippen molar-refractivity contribution in [1.82, 2.24) is 0 Å². The fourth-order valence-corrected chi connectivity index (χ4v) is 1.12. The maximum Gasteiger partial charge on any atom is 0.338 e. The second kappa shape index (κ2) is 4.89. The van der Waals surface area contributed by atoms with Gasteiger partial charge in [-0.3, -0.25) is 10.1 Å². The third kappa shape index (κ3) is 2.33. The van der Waals surface area contributed by atoms with Gasteiger partial charge in [0, 0.05) is 6.07 Å². The van der Waals surface area contributed by atoms with E-state index >= 15 is 0 Å². The van der Waals surface area contributed by atoms with Gasteiger partial charge in [-0.25, -0.2) is 4.79 Å². The van der Waals surface area contributed by atoms with Crippen LogP contribution in [0.1, 0.15) is 22.8 Å². The summed E-state index contributed by atoms with van der Waals surface area (Å²) in [6, 6.07) is 5.27. The molecule has 0 saturated carbocycles. The second-order valence-electron chi connectivity index (χ2n) is 2.82. The predicted molar refractivity (Wildman–Crippen MR) is 53.8 cm³/mol. The van der Waals surface area contributed by atoms with Gasteiger partial charge in [-0.2, -0.15) is 5.26 Å². The van der Waals surface area contributed by atoms with E-state index in [1.807, 2.05) is 0 Å². The number of nitrogens with zero attached hydrogens (tertiary/aromatic N) is 2. The summed E-state index contributed by atoms with van der Waals surface area (Å²) in [5, 5.41) is 19.2. The maximum atomic E-state index is 11.3. The van der Waals surface area contributed by atoms with Gasteiger partial charge in [-0.15, -0.1) is 0 Å². The summed E-state index contributed by atoms with van der Waals surface area (Å²) >= 11 is 0. The molecule has 0 aromatic heterocycles. The largest absolute Gasteiger partial charge is 0.462 e. The van der Waals surface area contributed by atoms with Crippen LogP contribution < -0.4 is 0 Å². The minimum atomic E-state index is -0.707. The van der Waals surface area contributed by atoms with E-state index in [1.165, 1.54) is 12.1 Å². The molecule has 0 saturated heterocycles. The van der Waals surface area contributed by atoms with Crippen LogP contribution in [0.2, 0.25) is 0 Å². The summed E-state index contributed by atoms with van der Waals surface area (Å²) in [6.45, 7) is 1.82. The first-order valence-electron chi connectivity index (χ1n) is 4.45. The molecule has 0 spiro atoms. The summed E-state index contributed by atoms with van der Waals surface area (Å²) in [4.78, 5) is 21.2. The molecular weight excluding hydrogens is 212 g/mol. The van der Waals surface area contributed by atoms with Gasteiger partial charge in [-0.1, -0.05) is 0 Å². The smallest absolute Gasteiger partial charge is 0.338 e. The number of esters is 1. The number of nitriles is 1. The summed E-state index contributed by atoms with van der Waals surface area (Å²) in [7, 11) is 0. The lowest BCUT2D eigenvalue weighted by Crippen LogP contribution is -2.05. The van der Waals surface area contributed by atoms with Crippen molar-refractivity contribution in [2.75, 3.05) is 6.61 Å². The summed E-state index contributed by atoms with van der Waals surface area (Å²) in [5.41, 5.74) is -0.418. The van der Waals surface area contributed by atoms with Gasteiger partial charge >= 0.3 is 5.97 Å². The third-order valence-corrected chi connectivity index (χ3v) is 1.83. The molecule has 0 aliphatic carbocycles. The molecule has 0 aliphatic heterocycles. The van der Waals surface area contributed by atoms with E-state index in [2.05, 4.69) is 0 Å². The lowest BCUT2D eigenvalue weighted by molar-refractivity contribution is -0.385. The van der Waals surface area contributed by atoms with Crippen molar-refractivity contribution < 1.29 is 14.5 Å². The Kier molecular flexibility index (Phi) is 3.56. The van der Waals surface area contributed by atoms with Crippen molar-refractivity contribution in [3.63, 3.8) is 0 Å². The minimum Gasteiger partial charge on any atom is -0.462 e. The number of carbonyl (C=O) groups excluding carboxylic acids is 1. The van der Waals surface area contributed by atoms with Crippen LogP contribution in [0.25, 0.3) is 0 Å². The zero-order valence-corrected chi connectivity index (χ0v) is 8.47. The van der Waals surface area contributed by atoms with Gasteiger partial charge in [-0.05, 0) is 19.1 Å². The van der Waals surface area contributed by atoms with Crippen molar-refractivity contribution in [3.05, 3.63) is 39.4 Å². The van der Waals surface area contributed by atoms with Crippen LogP contribution in [-0.2, 0) is 4.74 Å². The van der Waals surface area contributed by atoms with Crippen LogP contribution >= 0.6 is 0 Å². The molecule has 0 amide bonds. The van der Waals surface area contributed by atoms with Gasteiger partial charge in [0.2, 0.25) is 0 Å². The summed E-state index contributed by atoms with van der Waals surface area (Å²) in [6.07, 6.45) is 0. The molecule has 1 aromatic rings. The zero-order chi connectivity index (χ0) is 12.1. The standard InChI is InChI=1S/C10H8N2O4/c1-2-16-10(13)7-3-4-8(6-11)9(5-7)12(14)15/h3-5H,2H2,1H3. The fourth-order valence-electron chi connectivity index (χ4n) is 1.12. The minimum absolute atomic E-state index is 0.0625. The average molecular weight is 220 g/mol. The van der Waals surface area contributed by atoms with E-state index < -0.39 is 16.6 Å². The van der Waals surface area contributed by atoms with Crippen molar-refractivity contribution in [1.29, 1.82) is 5.26 Å². The first-order valence-corrected chi connectivity index (χ1v) is 4.45. The Morgan fingerprint density at radius 2 is 2.31 bits per heavy atom. The maximum absolute atomic E-state index is 11.3. The monoisotopic (exact) mass is 220 g/mol. The van der Waals surface area contributed by atoms with Crippen molar-refractivity contribution in [2.24, 2.45) is 0 Å². The molecule has 0 unspecified atom stereocenters. The van der Waals surface area contributed by atoms with Gasteiger partial charge < -0.3 is 4.74 Å². The van der Waals surface area contributed by atoms with Gasteiger partial charge in [0.05, 0.1) is 17.1 Å². The molecule has 1 aromatic carbocycles. The highest BCUT2D eigenvalue weighted by Crippen LogP contribution is 2.19. The highest BCUT2D eigenvalue weighted by atomic mass is 16.6.